The molecule has 6 heteroatoms. The van der Waals surface area contributed by atoms with E-state index in [1.165, 1.54) is 4.80 Å². The van der Waals surface area contributed by atoms with Crippen LogP contribution in [0, 0.1) is 0 Å². The highest BCUT2D eigenvalue weighted by Crippen LogP contribution is 2.19. The van der Waals surface area contributed by atoms with Gasteiger partial charge in [0, 0.05) is 18.0 Å². The van der Waals surface area contributed by atoms with Crippen LogP contribution in [0.1, 0.15) is 17.4 Å². The van der Waals surface area contributed by atoms with E-state index in [-0.39, 0.29) is 5.69 Å². The highest BCUT2D eigenvalue weighted by molar-refractivity contribution is 5.92. The molecule has 0 bridgehead atoms. The predicted molar refractivity (Wildman–Crippen MR) is 55.9 cm³/mol. The predicted octanol–water partition coefficient (Wildman–Crippen LogP) is 1.06. The molecule has 0 unspecified atom stereocenters. The van der Waals surface area contributed by atoms with Crippen LogP contribution in [0.3, 0.4) is 0 Å². The molecule has 0 aliphatic rings. The quantitative estimate of drug-likeness (QED) is 0.833. The molecule has 0 atom stereocenters. The maximum absolute atomic E-state index is 11.0. The Hall–Kier alpha value is -2.24. The third-order valence-corrected chi connectivity index (χ3v) is 2.09. The van der Waals surface area contributed by atoms with E-state index in [0.717, 1.165) is 0 Å². The average Bonchev–Trinajstić information content (AvgIpc) is 2.74. The van der Waals surface area contributed by atoms with Gasteiger partial charge in [0.25, 0.3) is 0 Å². The highest BCUT2D eigenvalue weighted by atomic mass is 16.4. The number of hydrogen-bond donors (Lipinski definition) is 1. The fourth-order valence-corrected chi connectivity index (χ4v) is 1.34. The van der Waals surface area contributed by atoms with E-state index in [4.69, 9.17) is 5.11 Å². The van der Waals surface area contributed by atoms with E-state index < -0.39 is 5.97 Å². The number of aryl methyl sites for hydroxylation is 1. The van der Waals surface area contributed by atoms with E-state index in [0.29, 0.717) is 17.8 Å². The number of aromatic carboxylic acids is 1. The first-order valence-corrected chi connectivity index (χ1v) is 4.81. The Balaban J connectivity index is 2.55. The Labute approximate surface area is 91.6 Å². The highest BCUT2D eigenvalue weighted by Gasteiger charge is 2.18. The lowest BCUT2D eigenvalue weighted by Gasteiger charge is -1.95. The molecule has 82 valence electrons. The summed E-state index contributed by atoms with van der Waals surface area (Å²) in [6.07, 6.45) is 3.18. The van der Waals surface area contributed by atoms with Gasteiger partial charge >= 0.3 is 5.97 Å². The second-order valence-corrected chi connectivity index (χ2v) is 3.13. The second-order valence-electron chi connectivity index (χ2n) is 3.13. The summed E-state index contributed by atoms with van der Waals surface area (Å²) >= 11 is 0. The molecule has 0 saturated carbocycles. The zero-order chi connectivity index (χ0) is 11.5. The molecule has 2 rings (SSSR count). The number of rotatable bonds is 3. The molecule has 0 saturated heterocycles. The van der Waals surface area contributed by atoms with Gasteiger partial charge in [0.15, 0.2) is 5.69 Å². The average molecular weight is 218 g/mol. The normalized spacial score (nSPS) is 10.3. The van der Waals surface area contributed by atoms with E-state index >= 15 is 0 Å². The Bertz CT molecular complexity index is 507. The van der Waals surface area contributed by atoms with Gasteiger partial charge in [-0.3, -0.25) is 4.98 Å². The minimum atomic E-state index is -1.08. The molecule has 0 aliphatic carbocycles. The van der Waals surface area contributed by atoms with Gasteiger partial charge in [0.05, 0.1) is 6.54 Å². The Morgan fingerprint density at radius 2 is 2.06 bits per heavy atom. The number of carbonyl (C=O) groups is 1. The smallest absolute Gasteiger partial charge is 0.358 e. The third-order valence-electron chi connectivity index (χ3n) is 2.09. The lowest BCUT2D eigenvalue weighted by molar-refractivity contribution is 0.0690. The van der Waals surface area contributed by atoms with Crippen LogP contribution in [-0.4, -0.2) is 31.1 Å². The maximum atomic E-state index is 11.0. The minimum Gasteiger partial charge on any atom is -0.476 e. The van der Waals surface area contributed by atoms with Crippen molar-refractivity contribution in [1.82, 2.24) is 20.0 Å². The number of hydrogen-bond acceptors (Lipinski definition) is 4. The fraction of sp³-hybridized carbons (Fsp3) is 0.200. The Morgan fingerprint density at radius 1 is 1.38 bits per heavy atom. The summed E-state index contributed by atoms with van der Waals surface area (Å²) in [5.41, 5.74) is 1.04. The molecule has 2 aromatic heterocycles. The molecule has 0 fully saturated rings. The van der Waals surface area contributed by atoms with Crippen LogP contribution < -0.4 is 0 Å². The molecule has 0 radical (unpaired) electrons. The van der Waals surface area contributed by atoms with Crippen LogP contribution in [0.5, 0.6) is 0 Å². The van der Waals surface area contributed by atoms with Crippen molar-refractivity contribution in [2.24, 2.45) is 0 Å². The molecule has 0 amide bonds. The van der Waals surface area contributed by atoms with E-state index in [9.17, 15) is 4.79 Å². The zero-order valence-electron chi connectivity index (χ0n) is 8.66. The summed E-state index contributed by atoms with van der Waals surface area (Å²) in [5, 5.41) is 17.0. The van der Waals surface area contributed by atoms with Gasteiger partial charge in [0.2, 0.25) is 0 Å². The van der Waals surface area contributed by atoms with Crippen molar-refractivity contribution in [3.8, 4) is 11.3 Å². The summed E-state index contributed by atoms with van der Waals surface area (Å²) in [6, 6.07) is 3.41. The maximum Gasteiger partial charge on any atom is 0.358 e. The van der Waals surface area contributed by atoms with Crippen LogP contribution in [0.2, 0.25) is 0 Å². The molecule has 1 N–H and O–H groups in total. The lowest BCUT2D eigenvalue weighted by atomic mass is 10.1. The van der Waals surface area contributed by atoms with Crippen LogP contribution in [0.15, 0.2) is 24.5 Å². The van der Waals surface area contributed by atoms with Crippen molar-refractivity contribution in [3.63, 3.8) is 0 Å². The van der Waals surface area contributed by atoms with Gasteiger partial charge in [0.1, 0.15) is 5.69 Å². The lowest BCUT2D eigenvalue weighted by Crippen LogP contribution is -2.02. The van der Waals surface area contributed by atoms with E-state index in [2.05, 4.69) is 15.2 Å². The van der Waals surface area contributed by atoms with Crippen molar-refractivity contribution < 1.29 is 9.90 Å². The number of nitrogens with zero attached hydrogens (tertiary/aromatic N) is 4. The second kappa shape index (κ2) is 4.09. The molecule has 0 aliphatic heterocycles. The zero-order valence-corrected chi connectivity index (χ0v) is 8.66. The van der Waals surface area contributed by atoms with Gasteiger partial charge < -0.3 is 5.11 Å². The molecule has 2 heterocycles. The van der Waals surface area contributed by atoms with Gasteiger partial charge in [-0.15, -0.1) is 5.10 Å². The number of pyridine rings is 1. The standard InChI is InChI=1S/C10H10N4O2/c1-2-14-12-8(9(13-14)10(15)16)7-3-5-11-6-4-7/h3-6H,2H2,1H3,(H,15,16). The van der Waals surface area contributed by atoms with Crippen LogP contribution >= 0.6 is 0 Å². The topological polar surface area (TPSA) is 80.9 Å². The van der Waals surface area contributed by atoms with Crippen LogP contribution in [0.25, 0.3) is 11.3 Å². The molecular weight excluding hydrogens is 208 g/mol. The van der Waals surface area contributed by atoms with Gasteiger partial charge in [-0.2, -0.15) is 9.90 Å². The first-order chi connectivity index (χ1) is 7.72. The Kier molecular flexibility index (Phi) is 2.63. The van der Waals surface area contributed by atoms with Gasteiger partial charge in [-0.1, -0.05) is 0 Å². The molecule has 0 aromatic carbocycles. The Morgan fingerprint density at radius 3 is 2.62 bits per heavy atom. The molecule has 2 aromatic rings. The molecule has 16 heavy (non-hydrogen) atoms. The minimum absolute atomic E-state index is 0.0342. The first-order valence-electron chi connectivity index (χ1n) is 4.81. The van der Waals surface area contributed by atoms with Crippen molar-refractivity contribution in [1.29, 1.82) is 0 Å². The number of carboxylic acid groups (broad SMARTS) is 1. The third kappa shape index (κ3) is 1.77. The van der Waals surface area contributed by atoms with E-state index in [1.807, 2.05) is 6.92 Å². The summed E-state index contributed by atoms with van der Waals surface area (Å²) in [7, 11) is 0. The van der Waals surface area contributed by atoms with Crippen molar-refractivity contribution in [2.75, 3.05) is 0 Å². The summed E-state index contributed by atoms with van der Waals surface area (Å²) in [4.78, 5) is 16.2. The molecule has 0 spiro atoms. The first kappa shape index (κ1) is 10.3. The summed E-state index contributed by atoms with van der Waals surface area (Å²) in [6.45, 7) is 2.38. The van der Waals surface area contributed by atoms with Crippen molar-refractivity contribution in [3.05, 3.63) is 30.2 Å². The largest absolute Gasteiger partial charge is 0.476 e. The van der Waals surface area contributed by atoms with Crippen LogP contribution in [0.4, 0.5) is 0 Å². The van der Waals surface area contributed by atoms with Crippen molar-refractivity contribution >= 4 is 5.97 Å². The summed E-state index contributed by atoms with van der Waals surface area (Å²) < 4.78 is 0. The van der Waals surface area contributed by atoms with Crippen molar-refractivity contribution in [2.45, 2.75) is 13.5 Å². The van der Waals surface area contributed by atoms with Gasteiger partial charge in [-0.25, -0.2) is 4.79 Å². The fourth-order valence-electron chi connectivity index (χ4n) is 1.34. The molecular formula is C10H10N4O2. The van der Waals surface area contributed by atoms with Crippen LogP contribution in [-0.2, 0) is 6.54 Å². The SMILES string of the molecule is CCn1nc(C(=O)O)c(-c2ccncc2)n1. The number of carboxylic acids is 1. The van der Waals surface area contributed by atoms with E-state index in [1.54, 1.807) is 24.5 Å². The van der Waals surface area contributed by atoms with Gasteiger partial charge in [-0.05, 0) is 19.1 Å². The summed E-state index contributed by atoms with van der Waals surface area (Å²) in [5.74, 6) is -1.08. The number of aromatic nitrogens is 4. The molecule has 6 nitrogen and oxygen atoms in total. The monoisotopic (exact) mass is 218 g/mol.